The van der Waals surface area contributed by atoms with Crippen LogP contribution in [0.1, 0.15) is 34.1 Å². The van der Waals surface area contributed by atoms with Crippen LogP contribution in [-0.2, 0) is 4.79 Å². The quantitative estimate of drug-likeness (QED) is 0.387. The van der Waals surface area contributed by atoms with Gasteiger partial charge in [-0.2, -0.15) is 0 Å². The van der Waals surface area contributed by atoms with Gasteiger partial charge in [-0.25, -0.2) is 0 Å². The zero-order valence-electron chi connectivity index (χ0n) is 9.11. The monoisotopic (exact) mass is 199 g/mol. The summed E-state index contributed by atoms with van der Waals surface area (Å²) < 4.78 is 0. The van der Waals surface area contributed by atoms with E-state index in [1.54, 1.807) is 6.08 Å². The Morgan fingerprint density at radius 2 is 1.93 bits per heavy atom. The zero-order chi connectivity index (χ0) is 11.3. The second kappa shape index (κ2) is 5.52. The van der Waals surface area contributed by atoms with Gasteiger partial charge in [0.15, 0.2) is 5.78 Å². The number of hydrogen-bond acceptors (Lipinski definition) is 3. The molecule has 1 atom stereocenters. The van der Waals surface area contributed by atoms with Gasteiger partial charge in [-0.05, 0) is 18.4 Å². The van der Waals surface area contributed by atoms with Crippen molar-refractivity contribution < 1.29 is 9.72 Å². The van der Waals surface area contributed by atoms with Gasteiger partial charge in [0, 0.05) is 18.3 Å². The fraction of sp³-hybridized carbons (Fsp3) is 0.700. The molecule has 0 saturated heterocycles. The molecule has 0 amide bonds. The van der Waals surface area contributed by atoms with E-state index in [-0.39, 0.29) is 23.0 Å². The van der Waals surface area contributed by atoms with Crippen molar-refractivity contribution >= 4 is 5.78 Å². The molecule has 0 spiro atoms. The lowest BCUT2D eigenvalue weighted by molar-refractivity contribution is -0.517. The first-order valence-corrected chi connectivity index (χ1v) is 4.69. The van der Waals surface area contributed by atoms with E-state index in [1.165, 1.54) is 13.8 Å². The Morgan fingerprint density at radius 3 is 2.21 bits per heavy atom. The second-order valence-corrected chi connectivity index (χ2v) is 3.83. The number of nitro groups is 1. The second-order valence-electron chi connectivity index (χ2n) is 3.83. The topological polar surface area (TPSA) is 60.2 Å². The van der Waals surface area contributed by atoms with Gasteiger partial charge < -0.3 is 0 Å². The Labute approximate surface area is 84.1 Å². The van der Waals surface area contributed by atoms with E-state index < -0.39 is 6.04 Å². The van der Waals surface area contributed by atoms with E-state index in [1.807, 2.05) is 13.8 Å². The van der Waals surface area contributed by atoms with E-state index in [0.717, 1.165) is 0 Å². The highest BCUT2D eigenvalue weighted by atomic mass is 16.6. The molecule has 0 rings (SSSR count). The van der Waals surface area contributed by atoms with Gasteiger partial charge in [-0.3, -0.25) is 14.9 Å². The molecule has 0 bridgehead atoms. The molecular formula is C10H17NO3. The molecule has 4 heteroatoms. The van der Waals surface area contributed by atoms with Crippen LogP contribution in [0, 0.1) is 16.0 Å². The molecule has 0 fully saturated rings. The van der Waals surface area contributed by atoms with Crippen LogP contribution in [0.2, 0.25) is 0 Å². The van der Waals surface area contributed by atoms with Crippen molar-refractivity contribution in [3.63, 3.8) is 0 Å². The molecule has 0 aliphatic carbocycles. The van der Waals surface area contributed by atoms with Crippen LogP contribution in [0.25, 0.3) is 0 Å². The third-order valence-electron chi connectivity index (χ3n) is 1.86. The standard InChI is InChI=1S/C10H17NO3/c1-7(2)5-10(9(4)12)6-8(3)11(13)14/h5,7-8H,6H2,1-4H3/b10-5+. The Balaban J connectivity index is 4.55. The van der Waals surface area contributed by atoms with Crippen molar-refractivity contribution in [1.29, 1.82) is 0 Å². The number of Topliss-reactive ketones (excluding diaryl/α,β-unsaturated/α-hetero) is 1. The number of allylic oxidation sites excluding steroid dienone is 1. The smallest absolute Gasteiger partial charge is 0.214 e. The summed E-state index contributed by atoms with van der Waals surface area (Å²) in [6.07, 6.45) is 2.02. The molecule has 0 saturated carbocycles. The molecule has 0 aliphatic rings. The fourth-order valence-electron chi connectivity index (χ4n) is 1.12. The number of carbonyl (C=O) groups excluding carboxylic acids is 1. The Bertz CT molecular complexity index is 256. The van der Waals surface area contributed by atoms with Crippen molar-refractivity contribution in [2.45, 2.75) is 40.2 Å². The maximum atomic E-state index is 11.1. The van der Waals surface area contributed by atoms with E-state index in [4.69, 9.17) is 0 Å². The minimum absolute atomic E-state index is 0.0765. The van der Waals surface area contributed by atoms with Crippen LogP contribution in [0.4, 0.5) is 0 Å². The Kier molecular flexibility index (Phi) is 5.05. The van der Waals surface area contributed by atoms with Crippen LogP contribution in [0.3, 0.4) is 0 Å². The normalized spacial score (nSPS) is 14.2. The van der Waals surface area contributed by atoms with Crippen LogP contribution < -0.4 is 0 Å². The van der Waals surface area contributed by atoms with Gasteiger partial charge in [0.25, 0.3) is 0 Å². The first-order chi connectivity index (χ1) is 6.34. The number of nitrogens with zero attached hydrogens (tertiary/aromatic N) is 1. The summed E-state index contributed by atoms with van der Waals surface area (Å²) in [4.78, 5) is 21.2. The van der Waals surface area contributed by atoms with Crippen molar-refractivity contribution in [2.24, 2.45) is 5.92 Å². The lowest BCUT2D eigenvalue weighted by Gasteiger charge is -2.07. The Morgan fingerprint density at radius 1 is 1.43 bits per heavy atom. The Hall–Kier alpha value is -1.19. The predicted octanol–water partition coefficient (Wildman–Crippen LogP) is 2.21. The largest absolute Gasteiger partial charge is 0.295 e. The average molecular weight is 199 g/mol. The number of ketones is 1. The highest BCUT2D eigenvalue weighted by Gasteiger charge is 2.17. The zero-order valence-corrected chi connectivity index (χ0v) is 9.11. The number of carbonyl (C=O) groups is 1. The number of hydrogen-bond donors (Lipinski definition) is 0. The minimum atomic E-state index is -0.691. The summed E-state index contributed by atoms with van der Waals surface area (Å²) >= 11 is 0. The molecule has 0 N–H and O–H groups in total. The lowest BCUT2D eigenvalue weighted by Crippen LogP contribution is -2.17. The maximum Gasteiger partial charge on any atom is 0.214 e. The molecule has 0 aromatic carbocycles. The minimum Gasteiger partial charge on any atom is -0.295 e. The van der Waals surface area contributed by atoms with E-state index in [9.17, 15) is 14.9 Å². The van der Waals surface area contributed by atoms with Gasteiger partial charge in [0.1, 0.15) is 0 Å². The van der Waals surface area contributed by atoms with Crippen molar-refractivity contribution in [1.82, 2.24) is 0 Å². The summed E-state index contributed by atoms with van der Waals surface area (Å²) in [6.45, 7) is 6.84. The number of rotatable bonds is 5. The molecule has 0 aromatic heterocycles. The molecule has 1 unspecified atom stereocenters. The van der Waals surface area contributed by atoms with Gasteiger partial charge in [0.2, 0.25) is 6.04 Å². The molecule has 0 aromatic rings. The van der Waals surface area contributed by atoms with Crippen molar-refractivity contribution in [2.75, 3.05) is 0 Å². The predicted molar refractivity (Wildman–Crippen MR) is 54.7 cm³/mol. The first-order valence-electron chi connectivity index (χ1n) is 4.69. The van der Waals surface area contributed by atoms with Crippen LogP contribution in [0.15, 0.2) is 11.6 Å². The molecule has 0 radical (unpaired) electrons. The molecule has 0 aliphatic heterocycles. The highest BCUT2D eigenvalue weighted by Crippen LogP contribution is 2.12. The first kappa shape index (κ1) is 12.8. The molecular weight excluding hydrogens is 182 g/mol. The third kappa shape index (κ3) is 4.74. The van der Waals surface area contributed by atoms with Gasteiger partial charge in [-0.15, -0.1) is 0 Å². The van der Waals surface area contributed by atoms with Crippen molar-refractivity contribution in [3.05, 3.63) is 21.8 Å². The molecule has 80 valence electrons. The SMILES string of the molecule is CC(=O)/C(=C/C(C)C)CC(C)[N+](=O)[O-]. The summed E-state index contributed by atoms with van der Waals surface area (Å²) in [5, 5.41) is 10.4. The average Bonchev–Trinajstić information content (AvgIpc) is 2.01. The van der Waals surface area contributed by atoms with Crippen LogP contribution >= 0.6 is 0 Å². The summed E-state index contributed by atoms with van der Waals surface area (Å²) in [6, 6.07) is -0.691. The van der Waals surface area contributed by atoms with Crippen LogP contribution in [0.5, 0.6) is 0 Å². The summed E-state index contributed by atoms with van der Waals surface area (Å²) in [7, 11) is 0. The van der Waals surface area contributed by atoms with Gasteiger partial charge >= 0.3 is 0 Å². The molecule has 0 heterocycles. The summed E-state index contributed by atoms with van der Waals surface area (Å²) in [5.74, 6) is 0.167. The van der Waals surface area contributed by atoms with Crippen molar-refractivity contribution in [3.8, 4) is 0 Å². The lowest BCUT2D eigenvalue weighted by atomic mass is 10.0. The maximum absolute atomic E-state index is 11.1. The fourth-order valence-corrected chi connectivity index (χ4v) is 1.12. The van der Waals surface area contributed by atoms with E-state index >= 15 is 0 Å². The molecule has 4 nitrogen and oxygen atoms in total. The van der Waals surface area contributed by atoms with Gasteiger partial charge in [-0.1, -0.05) is 19.9 Å². The van der Waals surface area contributed by atoms with E-state index in [0.29, 0.717) is 5.57 Å². The summed E-state index contributed by atoms with van der Waals surface area (Å²) in [5.41, 5.74) is 0.559. The molecule has 14 heavy (non-hydrogen) atoms. The third-order valence-corrected chi connectivity index (χ3v) is 1.86. The highest BCUT2D eigenvalue weighted by molar-refractivity contribution is 5.93. The van der Waals surface area contributed by atoms with Gasteiger partial charge in [0.05, 0.1) is 0 Å². The van der Waals surface area contributed by atoms with Crippen LogP contribution in [-0.4, -0.2) is 16.7 Å². The van der Waals surface area contributed by atoms with E-state index in [2.05, 4.69) is 0 Å².